The van der Waals surface area contributed by atoms with Crippen LogP contribution in [0.2, 0.25) is 0 Å². The van der Waals surface area contributed by atoms with Crippen LogP contribution in [0.25, 0.3) is 10.4 Å². The van der Waals surface area contributed by atoms with Crippen LogP contribution < -0.4 is 10.0 Å². The lowest BCUT2D eigenvalue weighted by molar-refractivity contribution is -0.119. The zero-order valence-electron chi connectivity index (χ0n) is 20.1. The summed E-state index contributed by atoms with van der Waals surface area (Å²) in [6.45, 7) is 9.48. The van der Waals surface area contributed by atoms with E-state index in [1.165, 1.54) is 11.3 Å². The van der Waals surface area contributed by atoms with Crippen LogP contribution in [-0.4, -0.2) is 24.5 Å². The number of benzene rings is 1. The van der Waals surface area contributed by atoms with Gasteiger partial charge in [-0.05, 0) is 43.9 Å². The number of hydrogen-bond acceptors (Lipinski definition) is 7. The van der Waals surface area contributed by atoms with Crippen molar-refractivity contribution >= 4 is 38.2 Å². The van der Waals surface area contributed by atoms with Crippen LogP contribution in [0.5, 0.6) is 0 Å². The third kappa shape index (κ3) is 5.17. The molecule has 0 saturated heterocycles. The number of aryl methyl sites for hydroxylation is 2. The second-order valence-corrected chi connectivity index (χ2v) is 12.5. The third-order valence-corrected chi connectivity index (χ3v) is 8.60. The topological polar surface area (TPSA) is 114 Å². The Balaban J connectivity index is 1.59. The Morgan fingerprint density at radius 3 is 2.50 bits per heavy atom. The molecule has 1 aliphatic carbocycles. The third-order valence-electron chi connectivity index (χ3n) is 5.98. The maximum Gasteiger partial charge on any atom is 0.263 e. The van der Waals surface area contributed by atoms with Gasteiger partial charge < -0.3 is 9.84 Å². The van der Waals surface area contributed by atoms with Crippen LogP contribution >= 0.6 is 11.3 Å². The van der Waals surface area contributed by atoms with Crippen LogP contribution in [-0.2, 0) is 20.2 Å². The molecule has 182 valence electrons. The molecule has 34 heavy (non-hydrogen) atoms. The van der Waals surface area contributed by atoms with Gasteiger partial charge in [0, 0.05) is 17.4 Å². The molecule has 4 rings (SSSR count). The predicted molar refractivity (Wildman–Crippen MR) is 134 cm³/mol. The molecule has 10 heteroatoms. The summed E-state index contributed by atoms with van der Waals surface area (Å²) in [7, 11) is -3.90. The number of anilines is 2. The average molecular weight is 503 g/mol. The van der Waals surface area contributed by atoms with E-state index in [-0.39, 0.29) is 28.0 Å². The van der Waals surface area contributed by atoms with Crippen molar-refractivity contribution in [2.75, 3.05) is 10.0 Å². The van der Waals surface area contributed by atoms with Gasteiger partial charge in [0.15, 0.2) is 10.9 Å². The molecule has 1 fully saturated rings. The number of nitrogens with zero attached hydrogens (tertiary/aromatic N) is 2. The molecule has 1 saturated carbocycles. The Morgan fingerprint density at radius 1 is 1.15 bits per heavy atom. The standard InChI is InChI=1S/C24H30N4O4S2/c1-14-10-11-17(21-15(2)25-23(33-21)26-22(29)16-8-6-7-9-16)12-18(14)34(30,31)28-20-13-19(32-27-20)24(3,4)5/h10-13,16H,6-9H2,1-5H3,(H,27,28)(H,25,26,29). The van der Waals surface area contributed by atoms with Gasteiger partial charge in [0.2, 0.25) is 5.91 Å². The van der Waals surface area contributed by atoms with Crippen molar-refractivity contribution in [1.29, 1.82) is 0 Å². The largest absolute Gasteiger partial charge is 0.359 e. The molecule has 2 N–H and O–H groups in total. The summed E-state index contributed by atoms with van der Waals surface area (Å²) in [5.41, 5.74) is 1.77. The summed E-state index contributed by atoms with van der Waals surface area (Å²) in [6.07, 6.45) is 4.00. The molecule has 0 bridgehead atoms. The van der Waals surface area contributed by atoms with Crippen LogP contribution in [0.4, 0.5) is 10.9 Å². The minimum absolute atomic E-state index is 0.0106. The molecule has 0 aliphatic heterocycles. The van der Waals surface area contributed by atoms with Gasteiger partial charge in [0.1, 0.15) is 5.76 Å². The minimum atomic E-state index is -3.90. The number of aromatic nitrogens is 2. The van der Waals surface area contributed by atoms with E-state index >= 15 is 0 Å². The first kappa shape index (κ1) is 24.4. The maximum atomic E-state index is 13.2. The summed E-state index contributed by atoms with van der Waals surface area (Å²) >= 11 is 1.35. The number of rotatable bonds is 6. The minimum Gasteiger partial charge on any atom is -0.359 e. The summed E-state index contributed by atoms with van der Waals surface area (Å²) in [5, 5.41) is 7.34. The quantitative estimate of drug-likeness (QED) is 0.451. The lowest BCUT2D eigenvalue weighted by atomic mass is 9.93. The molecular formula is C24H30N4O4S2. The van der Waals surface area contributed by atoms with Gasteiger partial charge in [-0.2, -0.15) is 0 Å². The predicted octanol–water partition coefficient (Wildman–Crippen LogP) is 5.64. The van der Waals surface area contributed by atoms with E-state index in [1.807, 2.05) is 33.8 Å². The van der Waals surface area contributed by atoms with Crippen molar-refractivity contribution in [2.24, 2.45) is 5.92 Å². The van der Waals surface area contributed by atoms with Crippen molar-refractivity contribution in [3.8, 4) is 10.4 Å². The van der Waals surface area contributed by atoms with Gasteiger partial charge in [-0.1, -0.05) is 62.2 Å². The highest BCUT2D eigenvalue weighted by Gasteiger charge is 2.26. The summed E-state index contributed by atoms with van der Waals surface area (Å²) in [4.78, 5) is 18.0. The fourth-order valence-electron chi connectivity index (χ4n) is 4.01. The van der Waals surface area contributed by atoms with E-state index in [2.05, 4.69) is 20.2 Å². The van der Waals surface area contributed by atoms with Crippen molar-refractivity contribution in [2.45, 2.75) is 70.6 Å². The molecule has 0 radical (unpaired) electrons. The first-order valence-electron chi connectivity index (χ1n) is 11.3. The van der Waals surface area contributed by atoms with Crippen LogP contribution in [0, 0.1) is 19.8 Å². The zero-order valence-corrected chi connectivity index (χ0v) is 21.7. The van der Waals surface area contributed by atoms with E-state index in [9.17, 15) is 13.2 Å². The summed E-state index contributed by atoms with van der Waals surface area (Å²) in [5.74, 6) is 0.783. The average Bonchev–Trinajstić information content (AvgIpc) is 3.49. The molecule has 1 aliphatic rings. The number of amides is 1. The van der Waals surface area contributed by atoms with Gasteiger partial charge >= 0.3 is 0 Å². The fourth-order valence-corrected chi connectivity index (χ4v) is 6.23. The highest BCUT2D eigenvalue weighted by atomic mass is 32.2. The van der Waals surface area contributed by atoms with Crippen molar-refractivity contribution in [3.63, 3.8) is 0 Å². The number of carbonyl (C=O) groups is 1. The van der Waals surface area contributed by atoms with Gasteiger partial charge in [0.05, 0.1) is 15.5 Å². The normalized spacial score (nSPS) is 15.0. The SMILES string of the molecule is Cc1ccc(-c2sc(NC(=O)C3CCCC3)nc2C)cc1S(=O)(=O)Nc1cc(C(C)(C)C)on1. The summed E-state index contributed by atoms with van der Waals surface area (Å²) < 4.78 is 34.2. The van der Waals surface area contributed by atoms with Gasteiger partial charge in [-0.15, -0.1) is 0 Å². The van der Waals surface area contributed by atoms with Gasteiger partial charge in [-0.25, -0.2) is 13.4 Å². The Bertz CT molecular complexity index is 1310. The monoisotopic (exact) mass is 502 g/mol. The molecule has 8 nitrogen and oxygen atoms in total. The molecule has 0 unspecified atom stereocenters. The lowest BCUT2D eigenvalue weighted by Gasteiger charge is -2.12. The van der Waals surface area contributed by atoms with Crippen molar-refractivity contribution in [1.82, 2.24) is 10.1 Å². The Morgan fingerprint density at radius 2 is 1.85 bits per heavy atom. The van der Waals surface area contributed by atoms with Crippen molar-refractivity contribution in [3.05, 3.63) is 41.3 Å². The first-order chi connectivity index (χ1) is 15.9. The molecule has 1 aromatic carbocycles. The highest BCUT2D eigenvalue weighted by molar-refractivity contribution is 7.92. The van der Waals surface area contributed by atoms with Crippen LogP contribution in [0.1, 0.15) is 63.5 Å². The van der Waals surface area contributed by atoms with E-state index in [4.69, 9.17) is 4.52 Å². The summed E-state index contributed by atoms with van der Waals surface area (Å²) in [6, 6.07) is 6.86. The van der Waals surface area contributed by atoms with E-state index < -0.39 is 10.0 Å². The second kappa shape index (κ2) is 9.14. The van der Waals surface area contributed by atoms with E-state index in [0.717, 1.165) is 41.8 Å². The van der Waals surface area contributed by atoms with Gasteiger partial charge in [-0.3, -0.25) is 9.52 Å². The molecular weight excluding hydrogens is 472 g/mol. The van der Waals surface area contributed by atoms with E-state index in [1.54, 1.807) is 25.1 Å². The van der Waals surface area contributed by atoms with E-state index in [0.29, 0.717) is 16.5 Å². The smallest absolute Gasteiger partial charge is 0.263 e. The van der Waals surface area contributed by atoms with Gasteiger partial charge in [0.25, 0.3) is 10.0 Å². The number of nitrogens with one attached hydrogen (secondary N) is 2. The van der Waals surface area contributed by atoms with Crippen LogP contribution in [0.3, 0.4) is 0 Å². The first-order valence-corrected chi connectivity index (χ1v) is 13.6. The number of thiazole rings is 1. The highest BCUT2D eigenvalue weighted by Crippen LogP contribution is 2.36. The maximum absolute atomic E-state index is 13.2. The number of sulfonamides is 1. The van der Waals surface area contributed by atoms with Crippen molar-refractivity contribution < 1.29 is 17.7 Å². The molecule has 0 spiro atoms. The zero-order chi connectivity index (χ0) is 24.7. The number of carbonyl (C=O) groups excluding carboxylic acids is 1. The second-order valence-electron chi connectivity index (χ2n) is 9.82. The fraction of sp³-hybridized carbons (Fsp3) is 0.458. The molecule has 2 heterocycles. The Labute approximate surface area is 204 Å². The van der Waals surface area contributed by atoms with Crippen LogP contribution in [0.15, 0.2) is 33.7 Å². The molecule has 0 atom stereocenters. The number of hydrogen-bond donors (Lipinski definition) is 2. The lowest BCUT2D eigenvalue weighted by Crippen LogP contribution is -2.20. The molecule has 2 aromatic heterocycles. The molecule has 3 aromatic rings. The molecule has 1 amide bonds. The Kier molecular flexibility index (Phi) is 6.56. The Hall–Kier alpha value is -2.72.